The number of rotatable bonds is 3. The van der Waals surface area contributed by atoms with E-state index < -0.39 is 5.82 Å². The second-order valence-electron chi connectivity index (χ2n) is 4.62. The van der Waals surface area contributed by atoms with Crippen molar-refractivity contribution in [2.24, 2.45) is 0 Å². The lowest BCUT2D eigenvalue weighted by Crippen LogP contribution is -2.29. The number of aliphatic hydroxyl groups is 1. The molecular weight excluding hydrogens is 245 g/mol. The maximum Gasteiger partial charge on any atom is 0.256 e. The van der Waals surface area contributed by atoms with Crippen LogP contribution in [0.3, 0.4) is 0 Å². The summed E-state index contributed by atoms with van der Waals surface area (Å²) in [6.07, 6.45) is 2.34. The van der Waals surface area contributed by atoms with Crippen molar-refractivity contribution in [3.05, 3.63) is 35.1 Å². The van der Waals surface area contributed by atoms with Crippen molar-refractivity contribution >= 4 is 5.91 Å². The lowest BCUT2D eigenvalue weighted by atomic mass is 10.1. The van der Waals surface area contributed by atoms with Crippen LogP contribution in [0.5, 0.6) is 0 Å². The molecule has 1 fully saturated rings. The molecular formula is C15H16FNO2. The third kappa shape index (κ3) is 3.33. The summed E-state index contributed by atoms with van der Waals surface area (Å²) in [7, 11) is 1.70. The molecule has 0 radical (unpaired) electrons. The monoisotopic (exact) mass is 261 g/mol. The Balaban J connectivity index is 2.21. The van der Waals surface area contributed by atoms with Crippen molar-refractivity contribution in [2.45, 2.75) is 25.3 Å². The molecule has 100 valence electrons. The first-order chi connectivity index (χ1) is 9.13. The van der Waals surface area contributed by atoms with E-state index in [4.69, 9.17) is 5.11 Å². The lowest BCUT2D eigenvalue weighted by Gasteiger charge is -2.16. The Kier molecular flexibility index (Phi) is 4.18. The number of nitrogens with zero attached hydrogens (tertiary/aromatic N) is 1. The minimum atomic E-state index is -0.523. The Labute approximate surface area is 112 Å². The van der Waals surface area contributed by atoms with Crippen molar-refractivity contribution in [3.8, 4) is 11.8 Å². The molecule has 0 heterocycles. The lowest BCUT2D eigenvalue weighted by molar-refractivity contribution is 0.0780. The Morgan fingerprint density at radius 3 is 2.89 bits per heavy atom. The molecule has 1 aliphatic rings. The van der Waals surface area contributed by atoms with E-state index in [0.29, 0.717) is 12.0 Å². The van der Waals surface area contributed by atoms with Crippen LogP contribution < -0.4 is 0 Å². The highest BCUT2D eigenvalue weighted by atomic mass is 19.1. The van der Waals surface area contributed by atoms with E-state index in [1.165, 1.54) is 18.2 Å². The summed E-state index contributed by atoms with van der Waals surface area (Å²) in [5, 5.41) is 8.65. The smallest absolute Gasteiger partial charge is 0.256 e. The van der Waals surface area contributed by atoms with Gasteiger partial charge in [0.15, 0.2) is 0 Å². The molecule has 3 nitrogen and oxygen atoms in total. The first kappa shape index (κ1) is 13.6. The average Bonchev–Trinajstić information content (AvgIpc) is 3.24. The SMILES string of the molecule is CN(C(=O)c1cc(C#CCCO)ccc1F)C1CC1. The minimum absolute atomic E-state index is 0.00952. The van der Waals surface area contributed by atoms with Gasteiger partial charge < -0.3 is 10.0 Å². The molecule has 0 bridgehead atoms. The van der Waals surface area contributed by atoms with Crippen LogP contribution in [0.1, 0.15) is 35.2 Å². The number of carbonyl (C=O) groups excluding carboxylic acids is 1. The van der Waals surface area contributed by atoms with Crippen LogP contribution in [0, 0.1) is 17.7 Å². The number of benzene rings is 1. The van der Waals surface area contributed by atoms with Gasteiger partial charge in [-0.05, 0) is 31.0 Å². The van der Waals surface area contributed by atoms with Crippen LogP contribution in [0.2, 0.25) is 0 Å². The highest BCUT2D eigenvalue weighted by Crippen LogP contribution is 2.27. The van der Waals surface area contributed by atoms with Gasteiger partial charge in [0.05, 0.1) is 12.2 Å². The summed E-state index contributed by atoms with van der Waals surface area (Å²) in [5.41, 5.74) is 0.646. The Morgan fingerprint density at radius 2 is 2.26 bits per heavy atom. The topological polar surface area (TPSA) is 40.5 Å². The van der Waals surface area contributed by atoms with Crippen LogP contribution in [0.15, 0.2) is 18.2 Å². The zero-order valence-corrected chi connectivity index (χ0v) is 10.8. The van der Waals surface area contributed by atoms with E-state index in [-0.39, 0.29) is 24.1 Å². The summed E-state index contributed by atoms with van der Waals surface area (Å²) in [5.74, 6) is 4.74. The van der Waals surface area contributed by atoms with E-state index in [1.807, 2.05) is 0 Å². The number of aliphatic hydroxyl groups excluding tert-OH is 1. The van der Waals surface area contributed by atoms with Crippen LogP contribution >= 0.6 is 0 Å². The van der Waals surface area contributed by atoms with Crippen LogP contribution in [-0.4, -0.2) is 35.6 Å². The zero-order valence-electron chi connectivity index (χ0n) is 10.8. The number of carbonyl (C=O) groups is 1. The van der Waals surface area contributed by atoms with E-state index in [9.17, 15) is 9.18 Å². The fraction of sp³-hybridized carbons (Fsp3) is 0.400. The van der Waals surface area contributed by atoms with Gasteiger partial charge in [0.2, 0.25) is 0 Å². The maximum atomic E-state index is 13.7. The molecule has 1 aromatic carbocycles. The van der Waals surface area contributed by atoms with E-state index in [1.54, 1.807) is 11.9 Å². The molecule has 1 saturated carbocycles. The molecule has 1 N–H and O–H groups in total. The molecule has 1 aromatic rings. The Morgan fingerprint density at radius 1 is 1.53 bits per heavy atom. The highest BCUT2D eigenvalue weighted by Gasteiger charge is 2.31. The van der Waals surface area contributed by atoms with E-state index in [0.717, 1.165) is 12.8 Å². The van der Waals surface area contributed by atoms with Gasteiger partial charge in [0, 0.05) is 25.1 Å². The van der Waals surface area contributed by atoms with Gasteiger partial charge in [-0.1, -0.05) is 11.8 Å². The summed E-state index contributed by atoms with van der Waals surface area (Å²) >= 11 is 0. The predicted octanol–water partition coefficient (Wildman–Crippen LogP) is 1.79. The third-order valence-electron chi connectivity index (χ3n) is 3.08. The number of halogens is 1. The van der Waals surface area contributed by atoms with Gasteiger partial charge in [-0.2, -0.15) is 0 Å². The third-order valence-corrected chi connectivity index (χ3v) is 3.08. The largest absolute Gasteiger partial charge is 0.395 e. The van der Waals surface area contributed by atoms with Gasteiger partial charge in [0.1, 0.15) is 5.82 Å². The van der Waals surface area contributed by atoms with E-state index in [2.05, 4.69) is 11.8 Å². The number of amides is 1. The molecule has 0 aromatic heterocycles. The maximum absolute atomic E-state index is 13.7. The molecule has 1 amide bonds. The summed E-state index contributed by atoms with van der Waals surface area (Å²) in [4.78, 5) is 13.7. The first-order valence-electron chi connectivity index (χ1n) is 6.30. The summed E-state index contributed by atoms with van der Waals surface area (Å²) in [6, 6.07) is 4.52. The van der Waals surface area contributed by atoms with Gasteiger partial charge in [-0.15, -0.1) is 0 Å². The zero-order chi connectivity index (χ0) is 13.8. The average molecular weight is 261 g/mol. The molecule has 19 heavy (non-hydrogen) atoms. The summed E-state index contributed by atoms with van der Waals surface area (Å²) < 4.78 is 13.7. The van der Waals surface area contributed by atoms with Crippen molar-refractivity contribution < 1.29 is 14.3 Å². The second-order valence-corrected chi connectivity index (χ2v) is 4.62. The Hall–Kier alpha value is -1.86. The standard InChI is InChI=1S/C15H16FNO2/c1-17(12-6-7-12)15(19)13-10-11(4-2-3-9-18)5-8-14(13)16/h5,8,10,12,18H,3,6-7,9H2,1H3. The quantitative estimate of drug-likeness (QED) is 0.843. The molecule has 0 aliphatic heterocycles. The summed E-state index contributed by atoms with van der Waals surface area (Å²) in [6.45, 7) is -0.00952. The Bertz CT molecular complexity index is 541. The predicted molar refractivity (Wildman–Crippen MR) is 70.1 cm³/mol. The second kappa shape index (κ2) is 5.85. The molecule has 0 atom stereocenters. The van der Waals surface area contributed by atoms with Gasteiger partial charge in [0.25, 0.3) is 5.91 Å². The molecule has 4 heteroatoms. The number of hydrogen-bond donors (Lipinski definition) is 1. The number of hydrogen-bond acceptors (Lipinski definition) is 2. The highest BCUT2D eigenvalue weighted by molar-refractivity contribution is 5.95. The minimum Gasteiger partial charge on any atom is -0.395 e. The van der Waals surface area contributed by atoms with Gasteiger partial charge >= 0.3 is 0 Å². The molecule has 0 unspecified atom stereocenters. The molecule has 0 spiro atoms. The van der Waals surface area contributed by atoms with Crippen molar-refractivity contribution in [1.29, 1.82) is 0 Å². The molecule has 0 saturated heterocycles. The van der Waals surface area contributed by atoms with Crippen LogP contribution in [0.25, 0.3) is 0 Å². The van der Waals surface area contributed by atoms with Crippen molar-refractivity contribution in [2.75, 3.05) is 13.7 Å². The van der Waals surface area contributed by atoms with Gasteiger partial charge in [-0.3, -0.25) is 4.79 Å². The first-order valence-corrected chi connectivity index (χ1v) is 6.30. The normalized spacial score (nSPS) is 13.6. The fourth-order valence-corrected chi connectivity index (χ4v) is 1.81. The fourth-order valence-electron chi connectivity index (χ4n) is 1.81. The van der Waals surface area contributed by atoms with Crippen molar-refractivity contribution in [1.82, 2.24) is 4.90 Å². The van der Waals surface area contributed by atoms with Crippen molar-refractivity contribution in [3.63, 3.8) is 0 Å². The van der Waals surface area contributed by atoms with Crippen LogP contribution in [0.4, 0.5) is 4.39 Å². The van der Waals surface area contributed by atoms with Gasteiger partial charge in [-0.25, -0.2) is 4.39 Å². The molecule has 2 rings (SSSR count). The van der Waals surface area contributed by atoms with E-state index >= 15 is 0 Å². The molecule has 1 aliphatic carbocycles. The van der Waals surface area contributed by atoms with Crippen LogP contribution in [-0.2, 0) is 0 Å².